The van der Waals surface area contributed by atoms with Crippen molar-refractivity contribution in [3.05, 3.63) is 35.4 Å². The number of carbonyl (C=O) groups is 2. The molecule has 6 nitrogen and oxygen atoms in total. The molecule has 6 heteroatoms. The summed E-state index contributed by atoms with van der Waals surface area (Å²) in [6.07, 6.45) is 6.44. The minimum absolute atomic E-state index is 0.0334. The number of piperazine rings is 1. The van der Waals surface area contributed by atoms with Crippen LogP contribution < -0.4 is 0 Å². The van der Waals surface area contributed by atoms with Crippen LogP contribution >= 0.6 is 0 Å². The van der Waals surface area contributed by atoms with Gasteiger partial charge in [0.1, 0.15) is 0 Å². The molecule has 0 aromatic heterocycles. The molecule has 1 saturated carbocycles. The lowest BCUT2D eigenvalue weighted by atomic mass is 9.73. The van der Waals surface area contributed by atoms with E-state index in [1.807, 2.05) is 12.1 Å². The van der Waals surface area contributed by atoms with Crippen LogP contribution in [0, 0.1) is 23.7 Å². The van der Waals surface area contributed by atoms with Gasteiger partial charge in [0.2, 0.25) is 11.8 Å². The molecule has 4 aliphatic rings. The average molecular weight is 437 g/mol. The monoisotopic (exact) mass is 436 g/mol. The molecule has 2 amide bonds. The Morgan fingerprint density at radius 1 is 1.09 bits per heavy atom. The number of amides is 2. The lowest BCUT2D eigenvalue weighted by Crippen LogP contribution is -2.73. The van der Waals surface area contributed by atoms with Crippen LogP contribution in [0.2, 0.25) is 0 Å². The van der Waals surface area contributed by atoms with Crippen molar-refractivity contribution >= 4 is 11.8 Å². The van der Waals surface area contributed by atoms with Gasteiger partial charge in [-0.1, -0.05) is 36.8 Å². The zero-order valence-electron chi connectivity index (χ0n) is 18.5. The van der Waals surface area contributed by atoms with Crippen molar-refractivity contribution < 1.29 is 19.4 Å². The maximum absolute atomic E-state index is 13.0. The van der Waals surface area contributed by atoms with E-state index in [1.165, 1.54) is 25.7 Å². The van der Waals surface area contributed by atoms with Crippen molar-refractivity contribution in [2.45, 2.75) is 56.5 Å². The van der Waals surface area contributed by atoms with Crippen LogP contribution in [0.5, 0.6) is 0 Å². The van der Waals surface area contributed by atoms with Gasteiger partial charge in [0.15, 0.2) is 0 Å². The van der Waals surface area contributed by atoms with E-state index in [1.54, 1.807) is 9.80 Å². The van der Waals surface area contributed by atoms with Gasteiger partial charge < -0.3 is 19.6 Å². The minimum Gasteiger partial charge on any atom is -0.394 e. The Balaban J connectivity index is 1.30. The van der Waals surface area contributed by atoms with E-state index in [0.29, 0.717) is 25.7 Å². The predicted octanol–water partition coefficient (Wildman–Crippen LogP) is 2.15. The Labute approximate surface area is 189 Å². The quantitative estimate of drug-likeness (QED) is 0.738. The number of hydrogen-bond acceptors (Lipinski definition) is 4. The van der Waals surface area contributed by atoms with E-state index in [4.69, 9.17) is 4.74 Å². The number of ether oxygens (including phenoxy) is 1. The maximum atomic E-state index is 13.0. The van der Waals surface area contributed by atoms with Gasteiger partial charge in [-0.2, -0.15) is 0 Å². The van der Waals surface area contributed by atoms with Crippen molar-refractivity contribution in [2.24, 2.45) is 11.8 Å². The molecule has 1 aliphatic carbocycles. The SMILES string of the molecule is O=C(C1CCOCC1)N1CC(=O)N2[C@H](CO)[C@@H](c3ccc(C#CC4CCCC4)cc3)[C@H]2C1. The second-order valence-electron chi connectivity index (χ2n) is 9.62. The topological polar surface area (TPSA) is 70.1 Å². The first-order valence-electron chi connectivity index (χ1n) is 12.1. The summed E-state index contributed by atoms with van der Waals surface area (Å²) in [6, 6.07) is 7.95. The third-order valence-electron chi connectivity index (χ3n) is 7.71. The van der Waals surface area contributed by atoms with Gasteiger partial charge in [0, 0.05) is 43.1 Å². The van der Waals surface area contributed by atoms with Crippen LogP contribution in [0.15, 0.2) is 24.3 Å². The van der Waals surface area contributed by atoms with Crippen molar-refractivity contribution in [1.82, 2.24) is 9.80 Å². The van der Waals surface area contributed by atoms with E-state index >= 15 is 0 Å². The minimum atomic E-state index is -0.219. The first-order chi connectivity index (χ1) is 15.7. The summed E-state index contributed by atoms with van der Waals surface area (Å²) in [5, 5.41) is 10.0. The average Bonchev–Trinajstić information content (AvgIpc) is 3.33. The lowest BCUT2D eigenvalue weighted by Gasteiger charge is -2.59. The van der Waals surface area contributed by atoms with Crippen LogP contribution in [0.3, 0.4) is 0 Å². The highest BCUT2D eigenvalue weighted by atomic mass is 16.5. The number of aliphatic hydroxyl groups excluding tert-OH is 1. The molecule has 0 spiro atoms. The molecule has 1 aromatic rings. The van der Waals surface area contributed by atoms with Crippen LogP contribution in [-0.2, 0) is 14.3 Å². The number of aliphatic hydroxyl groups is 1. The standard InChI is InChI=1S/C26H32N2O4/c29-17-23-25(20-9-7-19(8-10-20)6-5-18-3-1-2-4-18)22-15-27(16-24(30)28(22)23)26(31)21-11-13-32-14-12-21/h7-10,18,21-23,25,29H,1-4,11-17H2/t22-,23-,25+/m1/s1. The molecule has 3 atom stereocenters. The molecule has 1 aromatic carbocycles. The summed E-state index contributed by atoms with van der Waals surface area (Å²) in [4.78, 5) is 29.4. The van der Waals surface area contributed by atoms with Crippen LogP contribution in [0.25, 0.3) is 0 Å². The summed E-state index contributed by atoms with van der Waals surface area (Å²) in [5.74, 6) is 7.24. The maximum Gasteiger partial charge on any atom is 0.242 e. The zero-order valence-corrected chi connectivity index (χ0v) is 18.5. The predicted molar refractivity (Wildman–Crippen MR) is 120 cm³/mol. The van der Waals surface area contributed by atoms with E-state index < -0.39 is 0 Å². The third kappa shape index (κ3) is 4.04. The number of hydrogen-bond donors (Lipinski definition) is 1. The first kappa shape index (κ1) is 21.5. The van der Waals surface area contributed by atoms with Crippen molar-refractivity contribution in [3.63, 3.8) is 0 Å². The molecule has 1 N–H and O–H groups in total. The van der Waals surface area contributed by atoms with Gasteiger partial charge in [-0.3, -0.25) is 9.59 Å². The molecule has 4 fully saturated rings. The Bertz CT molecular complexity index is 906. The van der Waals surface area contributed by atoms with Crippen LogP contribution in [0.1, 0.15) is 55.6 Å². The smallest absolute Gasteiger partial charge is 0.242 e. The van der Waals surface area contributed by atoms with E-state index in [-0.39, 0.29) is 48.9 Å². The number of nitrogens with zero attached hydrogens (tertiary/aromatic N) is 2. The molecule has 5 rings (SSSR count). The fraction of sp³-hybridized carbons (Fsp3) is 0.615. The van der Waals surface area contributed by atoms with Gasteiger partial charge in [-0.15, -0.1) is 0 Å². The van der Waals surface area contributed by atoms with E-state index in [2.05, 4.69) is 24.0 Å². The summed E-state index contributed by atoms with van der Waals surface area (Å²) in [5.41, 5.74) is 2.11. The molecular formula is C26H32N2O4. The molecule has 0 radical (unpaired) electrons. The molecule has 0 unspecified atom stereocenters. The highest BCUT2D eigenvalue weighted by Gasteiger charge is 2.54. The van der Waals surface area contributed by atoms with Gasteiger partial charge in [-0.05, 0) is 43.4 Å². The van der Waals surface area contributed by atoms with Gasteiger partial charge in [0.05, 0.1) is 25.2 Å². The second kappa shape index (κ2) is 9.25. The normalized spacial score (nSPS) is 28.7. The largest absolute Gasteiger partial charge is 0.394 e. The Hall–Kier alpha value is -2.36. The summed E-state index contributed by atoms with van der Waals surface area (Å²) >= 11 is 0. The molecular weight excluding hydrogens is 404 g/mol. The number of benzene rings is 1. The van der Waals surface area contributed by atoms with E-state index in [9.17, 15) is 14.7 Å². The van der Waals surface area contributed by atoms with Crippen molar-refractivity contribution in [2.75, 3.05) is 32.9 Å². The Kier molecular flexibility index (Phi) is 6.21. The highest BCUT2D eigenvalue weighted by Crippen LogP contribution is 2.43. The summed E-state index contributed by atoms with van der Waals surface area (Å²) < 4.78 is 5.38. The second-order valence-corrected chi connectivity index (χ2v) is 9.62. The third-order valence-corrected chi connectivity index (χ3v) is 7.71. The van der Waals surface area contributed by atoms with Crippen molar-refractivity contribution in [3.8, 4) is 11.8 Å². The van der Waals surface area contributed by atoms with Crippen LogP contribution in [-0.4, -0.2) is 71.7 Å². The molecule has 170 valence electrons. The van der Waals surface area contributed by atoms with Gasteiger partial charge in [0.25, 0.3) is 0 Å². The Morgan fingerprint density at radius 3 is 2.50 bits per heavy atom. The molecule has 3 aliphatic heterocycles. The highest BCUT2D eigenvalue weighted by molar-refractivity contribution is 5.88. The fourth-order valence-electron chi connectivity index (χ4n) is 5.91. The number of rotatable bonds is 3. The Morgan fingerprint density at radius 2 is 1.81 bits per heavy atom. The van der Waals surface area contributed by atoms with Crippen LogP contribution in [0.4, 0.5) is 0 Å². The lowest BCUT2D eigenvalue weighted by molar-refractivity contribution is -0.169. The molecule has 32 heavy (non-hydrogen) atoms. The van der Waals surface area contributed by atoms with Crippen molar-refractivity contribution in [1.29, 1.82) is 0 Å². The van der Waals surface area contributed by atoms with E-state index in [0.717, 1.165) is 24.0 Å². The molecule has 3 heterocycles. The molecule has 3 saturated heterocycles. The number of fused-ring (bicyclic) bond motifs is 1. The molecule has 0 bridgehead atoms. The van der Waals surface area contributed by atoms with Gasteiger partial charge >= 0.3 is 0 Å². The number of carbonyl (C=O) groups excluding carboxylic acids is 2. The fourth-order valence-corrected chi connectivity index (χ4v) is 5.91. The first-order valence-corrected chi connectivity index (χ1v) is 12.1. The summed E-state index contributed by atoms with van der Waals surface area (Å²) in [6.45, 7) is 1.81. The van der Waals surface area contributed by atoms with Gasteiger partial charge in [-0.25, -0.2) is 0 Å². The zero-order chi connectivity index (χ0) is 22.1. The summed E-state index contributed by atoms with van der Waals surface area (Å²) in [7, 11) is 0.